The Labute approximate surface area is 258 Å². The molecule has 12 heteroatoms. The third kappa shape index (κ3) is 8.55. The second-order valence-electron chi connectivity index (χ2n) is 9.70. The van der Waals surface area contributed by atoms with Gasteiger partial charge in [0.05, 0.1) is 31.9 Å². The van der Waals surface area contributed by atoms with Gasteiger partial charge in [0, 0.05) is 24.2 Å². The van der Waals surface area contributed by atoms with Crippen molar-refractivity contribution in [2.24, 2.45) is 0 Å². The lowest BCUT2D eigenvalue weighted by Gasteiger charge is -2.32. The van der Waals surface area contributed by atoms with Crippen LogP contribution in [0.3, 0.4) is 0 Å². The molecular formula is C31H38ClN3O7S. The molecule has 2 amide bonds. The number of carbonyl (C=O) groups excluding carboxylic acids is 2. The van der Waals surface area contributed by atoms with E-state index in [-0.39, 0.29) is 28.8 Å². The molecule has 0 saturated heterocycles. The number of nitrogens with zero attached hydrogens (tertiary/aromatic N) is 2. The average molecular weight is 632 g/mol. The number of hydrogen-bond acceptors (Lipinski definition) is 7. The van der Waals surface area contributed by atoms with E-state index < -0.39 is 28.5 Å². The first-order valence-corrected chi connectivity index (χ1v) is 15.6. The molecule has 10 nitrogen and oxygen atoms in total. The topological polar surface area (TPSA) is 114 Å². The molecule has 3 aromatic carbocycles. The van der Waals surface area contributed by atoms with Gasteiger partial charge in [0.15, 0.2) is 11.5 Å². The first kappa shape index (κ1) is 33.5. The van der Waals surface area contributed by atoms with Crippen molar-refractivity contribution < 1.29 is 32.2 Å². The molecule has 0 aliphatic heterocycles. The molecule has 1 atom stereocenters. The largest absolute Gasteiger partial charge is 0.497 e. The summed E-state index contributed by atoms with van der Waals surface area (Å²) in [5.41, 5.74) is 0.958. The molecule has 0 heterocycles. The number of amides is 2. The van der Waals surface area contributed by atoms with Crippen molar-refractivity contribution in [1.82, 2.24) is 10.2 Å². The molecular weight excluding hydrogens is 594 g/mol. The van der Waals surface area contributed by atoms with Crippen molar-refractivity contribution in [3.05, 3.63) is 77.3 Å². The highest BCUT2D eigenvalue weighted by Gasteiger charge is 2.33. The molecule has 0 saturated carbocycles. The lowest BCUT2D eigenvalue weighted by Crippen LogP contribution is -2.51. The summed E-state index contributed by atoms with van der Waals surface area (Å²) in [6.07, 6.45) is 1.69. The Morgan fingerprint density at radius 3 is 2.14 bits per heavy atom. The Balaban J connectivity index is 2.03. The Morgan fingerprint density at radius 1 is 0.907 bits per heavy atom. The van der Waals surface area contributed by atoms with E-state index in [1.165, 1.54) is 61.6 Å². The standard InChI is InChI=1S/C31H38ClN3O7S/c1-6-7-18-33-31(37)22(2)34(20-23-8-14-26(40-3)15-9-23)30(36)21-35(25-12-10-24(32)11-13-25)43(38,39)27-16-17-28(41-4)29(19-27)42-5/h8-17,19,22H,6-7,18,20-21H2,1-5H3,(H,33,37). The van der Waals surface area contributed by atoms with Gasteiger partial charge in [-0.1, -0.05) is 37.1 Å². The number of halogens is 1. The SMILES string of the molecule is CCCCNC(=O)C(C)N(Cc1ccc(OC)cc1)C(=O)CN(c1ccc(Cl)cc1)S(=O)(=O)c1ccc(OC)c(OC)c1. The number of rotatable bonds is 15. The molecule has 43 heavy (non-hydrogen) atoms. The number of methoxy groups -OCH3 is 3. The van der Waals surface area contributed by atoms with E-state index in [2.05, 4.69) is 5.32 Å². The number of anilines is 1. The molecule has 1 N–H and O–H groups in total. The molecule has 0 aliphatic carbocycles. The predicted octanol–water partition coefficient (Wildman–Crippen LogP) is 4.89. The van der Waals surface area contributed by atoms with Crippen LogP contribution in [-0.4, -0.2) is 65.6 Å². The minimum atomic E-state index is -4.31. The van der Waals surface area contributed by atoms with E-state index >= 15 is 0 Å². The van der Waals surface area contributed by atoms with Crippen LogP contribution in [0.15, 0.2) is 71.6 Å². The van der Waals surface area contributed by atoms with Crippen molar-refractivity contribution in [2.75, 3.05) is 38.7 Å². The van der Waals surface area contributed by atoms with E-state index in [9.17, 15) is 18.0 Å². The number of carbonyl (C=O) groups is 2. The minimum Gasteiger partial charge on any atom is -0.497 e. The smallest absolute Gasteiger partial charge is 0.264 e. The van der Waals surface area contributed by atoms with E-state index in [0.29, 0.717) is 23.1 Å². The van der Waals surface area contributed by atoms with Gasteiger partial charge in [-0.25, -0.2) is 8.42 Å². The quantitative estimate of drug-likeness (QED) is 0.238. The summed E-state index contributed by atoms with van der Waals surface area (Å²) in [6.45, 7) is 3.59. The van der Waals surface area contributed by atoms with Gasteiger partial charge >= 0.3 is 0 Å². The normalized spacial score (nSPS) is 11.8. The second kappa shape index (κ2) is 15.5. The number of nitrogens with one attached hydrogen (secondary N) is 1. The van der Waals surface area contributed by atoms with Gasteiger partial charge in [0.2, 0.25) is 11.8 Å². The summed E-state index contributed by atoms with van der Waals surface area (Å²) in [6, 6.07) is 16.5. The highest BCUT2D eigenvalue weighted by molar-refractivity contribution is 7.92. The highest BCUT2D eigenvalue weighted by atomic mass is 35.5. The summed E-state index contributed by atoms with van der Waals surface area (Å²) in [5.74, 6) is 0.291. The van der Waals surface area contributed by atoms with Crippen LogP contribution in [0.2, 0.25) is 5.02 Å². The predicted molar refractivity (Wildman–Crippen MR) is 166 cm³/mol. The lowest BCUT2D eigenvalue weighted by molar-refractivity contribution is -0.139. The molecule has 0 radical (unpaired) electrons. The molecule has 0 aliphatic rings. The van der Waals surface area contributed by atoms with Crippen LogP contribution in [0.4, 0.5) is 5.69 Å². The van der Waals surface area contributed by atoms with E-state index in [1.807, 2.05) is 6.92 Å². The van der Waals surface area contributed by atoms with E-state index in [0.717, 1.165) is 22.7 Å². The second-order valence-corrected chi connectivity index (χ2v) is 12.0. The Kier molecular flexibility index (Phi) is 12.1. The van der Waals surface area contributed by atoms with Crippen molar-refractivity contribution in [3.63, 3.8) is 0 Å². The first-order valence-electron chi connectivity index (χ1n) is 13.8. The summed E-state index contributed by atoms with van der Waals surface area (Å²) < 4.78 is 45.0. The van der Waals surface area contributed by atoms with Crippen LogP contribution >= 0.6 is 11.6 Å². The fourth-order valence-electron chi connectivity index (χ4n) is 4.29. The maximum atomic E-state index is 14.1. The van der Waals surface area contributed by atoms with Gasteiger partial charge in [-0.15, -0.1) is 0 Å². The fraction of sp³-hybridized carbons (Fsp3) is 0.355. The van der Waals surface area contributed by atoms with Gasteiger partial charge in [-0.2, -0.15) is 0 Å². The number of hydrogen-bond donors (Lipinski definition) is 1. The number of benzene rings is 3. The maximum Gasteiger partial charge on any atom is 0.264 e. The minimum absolute atomic E-state index is 0.0655. The van der Waals surface area contributed by atoms with Gasteiger partial charge < -0.3 is 24.4 Å². The third-order valence-electron chi connectivity index (χ3n) is 6.85. The van der Waals surface area contributed by atoms with Gasteiger partial charge in [-0.05, 0) is 67.4 Å². The highest BCUT2D eigenvalue weighted by Crippen LogP contribution is 2.32. The van der Waals surface area contributed by atoms with Crippen LogP contribution in [0.25, 0.3) is 0 Å². The zero-order chi connectivity index (χ0) is 31.6. The summed E-state index contributed by atoms with van der Waals surface area (Å²) in [5, 5.41) is 3.27. The van der Waals surface area contributed by atoms with Crippen molar-refractivity contribution >= 4 is 39.1 Å². The number of ether oxygens (including phenoxy) is 3. The van der Waals surface area contributed by atoms with E-state index in [4.69, 9.17) is 25.8 Å². The van der Waals surface area contributed by atoms with Gasteiger partial charge in [0.1, 0.15) is 18.3 Å². The molecule has 0 bridgehead atoms. The van der Waals surface area contributed by atoms with Gasteiger partial charge in [-0.3, -0.25) is 13.9 Å². The average Bonchev–Trinajstić information content (AvgIpc) is 3.02. The molecule has 232 valence electrons. The number of unbranched alkanes of at least 4 members (excludes halogenated alkanes) is 1. The lowest BCUT2D eigenvalue weighted by atomic mass is 10.1. The molecule has 3 rings (SSSR count). The number of sulfonamides is 1. The fourth-order valence-corrected chi connectivity index (χ4v) is 5.84. The van der Waals surface area contributed by atoms with Crippen LogP contribution < -0.4 is 23.8 Å². The zero-order valence-corrected chi connectivity index (χ0v) is 26.6. The molecule has 1 unspecified atom stereocenters. The van der Waals surface area contributed by atoms with Crippen LogP contribution in [0, 0.1) is 0 Å². The summed E-state index contributed by atoms with van der Waals surface area (Å²) >= 11 is 6.09. The monoisotopic (exact) mass is 631 g/mol. The Morgan fingerprint density at radius 2 is 1.56 bits per heavy atom. The first-order chi connectivity index (χ1) is 20.5. The summed E-state index contributed by atoms with van der Waals surface area (Å²) in [4.78, 5) is 28.4. The van der Waals surface area contributed by atoms with Crippen molar-refractivity contribution in [3.8, 4) is 17.2 Å². The zero-order valence-electron chi connectivity index (χ0n) is 25.0. The maximum absolute atomic E-state index is 14.1. The Bertz CT molecular complexity index is 1480. The Hall–Kier alpha value is -3.96. The van der Waals surface area contributed by atoms with E-state index in [1.54, 1.807) is 38.3 Å². The van der Waals surface area contributed by atoms with Crippen LogP contribution in [0.1, 0.15) is 32.3 Å². The van der Waals surface area contributed by atoms with Crippen molar-refractivity contribution in [2.45, 2.75) is 44.2 Å². The van der Waals surface area contributed by atoms with Crippen LogP contribution in [-0.2, 0) is 26.2 Å². The summed E-state index contributed by atoms with van der Waals surface area (Å²) in [7, 11) is 0.0926. The molecule has 0 aromatic heterocycles. The third-order valence-corrected chi connectivity index (χ3v) is 8.87. The molecule has 0 spiro atoms. The van der Waals surface area contributed by atoms with Crippen molar-refractivity contribution in [1.29, 1.82) is 0 Å². The molecule has 3 aromatic rings. The van der Waals surface area contributed by atoms with Gasteiger partial charge in [0.25, 0.3) is 10.0 Å². The van der Waals surface area contributed by atoms with Crippen LogP contribution in [0.5, 0.6) is 17.2 Å². The molecule has 0 fully saturated rings.